The van der Waals surface area contributed by atoms with Gasteiger partial charge in [-0.05, 0) is 25.3 Å². The van der Waals surface area contributed by atoms with E-state index in [4.69, 9.17) is 0 Å². The highest BCUT2D eigenvalue weighted by molar-refractivity contribution is 5.07. The van der Waals surface area contributed by atoms with E-state index < -0.39 is 0 Å². The van der Waals surface area contributed by atoms with Gasteiger partial charge in [-0.3, -0.25) is 5.01 Å². The van der Waals surface area contributed by atoms with E-state index in [1.807, 2.05) is 0 Å². The summed E-state index contributed by atoms with van der Waals surface area (Å²) in [6.07, 6.45) is 6.17. The van der Waals surface area contributed by atoms with Crippen molar-refractivity contribution in [3.8, 4) is 0 Å². The van der Waals surface area contributed by atoms with Crippen molar-refractivity contribution in [2.75, 3.05) is 13.1 Å². The van der Waals surface area contributed by atoms with Gasteiger partial charge in [0.2, 0.25) is 0 Å². The Morgan fingerprint density at radius 1 is 1.44 bits per heavy atom. The van der Waals surface area contributed by atoms with Crippen LogP contribution in [0.15, 0.2) is 11.8 Å². The van der Waals surface area contributed by atoms with Crippen molar-refractivity contribution in [1.29, 1.82) is 0 Å². The lowest BCUT2D eigenvalue weighted by atomic mass is 10.1. The summed E-state index contributed by atoms with van der Waals surface area (Å²) in [7, 11) is 0. The van der Waals surface area contributed by atoms with Crippen LogP contribution in [-0.2, 0) is 0 Å². The average molecular weight is 123 g/mol. The van der Waals surface area contributed by atoms with Gasteiger partial charge in [0.05, 0.1) is 6.54 Å². The molecular formula is C7H11N2. The number of nitrogens with zero attached hydrogens (tertiary/aromatic N) is 2. The van der Waals surface area contributed by atoms with E-state index in [1.54, 1.807) is 0 Å². The minimum absolute atomic E-state index is 0.926. The lowest BCUT2D eigenvalue weighted by Gasteiger charge is -2.24. The zero-order valence-corrected chi connectivity index (χ0v) is 5.51. The maximum Gasteiger partial charge on any atom is 0.0562 e. The largest absolute Gasteiger partial charge is 0.295 e. The van der Waals surface area contributed by atoms with Crippen molar-refractivity contribution in [1.82, 2.24) is 10.4 Å². The average Bonchev–Trinajstić information content (AvgIpc) is 2.33. The maximum atomic E-state index is 4.30. The van der Waals surface area contributed by atoms with Gasteiger partial charge in [-0.2, -0.15) is 0 Å². The summed E-state index contributed by atoms with van der Waals surface area (Å²) in [5.41, 5.74) is 5.76. The van der Waals surface area contributed by atoms with Crippen molar-refractivity contribution in [3.63, 3.8) is 0 Å². The molecule has 0 bridgehead atoms. The zero-order valence-electron chi connectivity index (χ0n) is 5.51. The van der Waals surface area contributed by atoms with E-state index in [9.17, 15) is 0 Å². The monoisotopic (exact) mass is 123 g/mol. The van der Waals surface area contributed by atoms with Crippen molar-refractivity contribution in [2.24, 2.45) is 0 Å². The number of fused-ring (bicyclic) bond motifs is 1. The second kappa shape index (κ2) is 2.03. The van der Waals surface area contributed by atoms with Crippen LogP contribution in [0.1, 0.15) is 19.3 Å². The summed E-state index contributed by atoms with van der Waals surface area (Å²) < 4.78 is 0. The molecule has 0 unspecified atom stereocenters. The molecule has 2 heterocycles. The lowest BCUT2D eigenvalue weighted by molar-refractivity contribution is 0.233. The molecule has 2 nitrogen and oxygen atoms in total. The van der Waals surface area contributed by atoms with E-state index >= 15 is 0 Å². The molecule has 0 amide bonds. The molecule has 0 atom stereocenters. The Balaban J connectivity index is 2.09. The molecular weight excluding hydrogens is 112 g/mol. The van der Waals surface area contributed by atoms with Crippen LogP contribution in [0.5, 0.6) is 0 Å². The Morgan fingerprint density at radius 2 is 2.44 bits per heavy atom. The number of hydrogen-bond acceptors (Lipinski definition) is 1. The third-order valence-electron chi connectivity index (χ3n) is 1.96. The molecule has 1 radical (unpaired) electrons. The van der Waals surface area contributed by atoms with Crippen LogP contribution in [0.4, 0.5) is 0 Å². The molecule has 49 valence electrons. The first-order chi connectivity index (χ1) is 4.47. The molecule has 2 rings (SSSR count). The molecule has 0 aromatic heterocycles. The highest BCUT2D eigenvalue weighted by Crippen LogP contribution is 2.21. The number of allylic oxidation sites excluding steroid dienone is 1. The smallest absolute Gasteiger partial charge is 0.0562 e. The van der Waals surface area contributed by atoms with Crippen LogP contribution in [0.3, 0.4) is 0 Å². The first kappa shape index (κ1) is 5.30. The standard InChI is InChI=1S/C7H11N2/c1-2-6-9-7(3-1)4-5-8-9/h4H,1-3,5-6H2. The first-order valence-corrected chi connectivity index (χ1v) is 3.61. The molecule has 0 N–H and O–H groups in total. The van der Waals surface area contributed by atoms with Gasteiger partial charge in [-0.1, -0.05) is 0 Å². The normalized spacial score (nSPS) is 25.8. The van der Waals surface area contributed by atoms with E-state index in [2.05, 4.69) is 16.5 Å². The van der Waals surface area contributed by atoms with Crippen LogP contribution >= 0.6 is 0 Å². The fraction of sp³-hybridized carbons (Fsp3) is 0.714. The van der Waals surface area contributed by atoms with Gasteiger partial charge in [-0.15, -0.1) is 5.43 Å². The maximum absolute atomic E-state index is 4.30. The van der Waals surface area contributed by atoms with E-state index in [1.165, 1.54) is 25.0 Å². The highest BCUT2D eigenvalue weighted by Gasteiger charge is 2.18. The van der Waals surface area contributed by atoms with Crippen LogP contribution in [-0.4, -0.2) is 18.1 Å². The van der Waals surface area contributed by atoms with Crippen molar-refractivity contribution < 1.29 is 0 Å². The van der Waals surface area contributed by atoms with Gasteiger partial charge in [0, 0.05) is 12.2 Å². The summed E-state index contributed by atoms with van der Waals surface area (Å²) >= 11 is 0. The topological polar surface area (TPSA) is 17.3 Å². The fourth-order valence-electron chi connectivity index (χ4n) is 1.45. The van der Waals surface area contributed by atoms with Gasteiger partial charge in [0.15, 0.2) is 0 Å². The predicted octanol–water partition coefficient (Wildman–Crippen LogP) is 0.889. The summed E-state index contributed by atoms with van der Waals surface area (Å²) in [4.78, 5) is 0. The molecule has 0 spiro atoms. The van der Waals surface area contributed by atoms with Crippen molar-refractivity contribution in [2.45, 2.75) is 19.3 Å². The van der Waals surface area contributed by atoms with E-state index in [0.717, 1.165) is 13.1 Å². The second-order valence-corrected chi connectivity index (χ2v) is 2.60. The quantitative estimate of drug-likeness (QED) is 0.467. The third-order valence-corrected chi connectivity index (χ3v) is 1.96. The van der Waals surface area contributed by atoms with Gasteiger partial charge >= 0.3 is 0 Å². The Bertz CT molecular complexity index is 140. The fourth-order valence-corrected chi connectivity index (χ4v) is 1.45. The molecule has 0 aliphatic carbocycles. The minimum atomic E-state index is 0.926. The Kier molecular flexibility index (Phi) is 1.19. The van der Waals surface area contributed by atoms with Crippen LogP contribution < -0.4 is 5.43 Å². The Labute approximate surface area is 55.5 Å². The van der Waals surface area contributed by atoms with Crippen molar-refractivity contribution >= 4 is 0 Å². The number of hydrogen-bond donors (Lipinski definition) is 0. The Hall–Kier alpha value is -0.500. The van der Waals surface area contributed by atoms with Gasteiger partial charge in [0.25, 0.3) is 0 Å². The molecule has 1 fully saturated rings. The molecule has 0 aromatic rings. The van der Waals surface area contributed by atoms with Gasteiger partial charge in [0.1, 0.15) is 0 Å². The van der Waals surface area contributed by atoms with E-state index in [0.29, 0.717) is 0 Å². The van der Waals surface area contributed by atoms with Gasteiger partial charge < -0.3 is 0 Å². The SMILES string of the molecule is C1=C2CCCCN2[N]C1. The molecule has 1 saturated heterocycles. The summed E-state index contributed by atoms with van der Waals surface area (Å²) in [5.74, 6) is 0. The zero-order chi connectivity index (χ0) is 6.10. The second-order valence-electron chi connectivity index (χ2n) is 2.60. The lowest BCUT2D eigenvalue weighted by Crippen LogP contribution is -2.29. The predicted molar refractivity (Wildman–Crippen MR) is 35.6 cm³/mol. The number of piperidine rings is 1. The molecule has 9 heavy (non-hydrogen) atoms. The van der Waals surface area contributed by atoms with Crippen LogP contribution in [0, 0.1) is 0 Å². The van der Waals surface area contributed by atoms with Crippen molar-refractivity contribution in [3.05, 3.63) is 11.8 Å². The summed E-state index contributed by atoms with van der Waals surface area (Å²) in [6, 6.07) is 0. The third kappa shape index (κ3) is 0.833. The van der Waals surface area contributed by atoms with Crippen LogP contribution in [0.25, 0.3) is 0 Å². The van der Waals surface area contributed by atoms with Crippen LogP contribution in [0.2, 0.25) is 0 Å². The minimum Gasteiger partial charge on any atom is -0.295 e. The highest BCUT2D eigenvalue weighted by atomic mass is 15.5. The molecule has 0 saturated carbocycles. The number of rotatable bonds is 0. The Morgan fingerprint density at radius 3 is 3.33 bits per heavy atom. The molecule has 2 aliphatic rings. The first-order valence-electron chi connectivity index (χ1n) is 3.61. The van der Waals surface area contributed by atoms with E-state index in [-0.39, 0.29) is 0 Å². The summed E-state index contributed by atoms with van der Waals surface area (Å²) in [6.45, 7) is 2.08. The molecule has 2 aliphatic heterocycles. The van der Waals surface area contributed by atoms with Gasteiger partial charge in [-0.25, -0.2) is 0 Å². The molecule has 0 aromatic carbocycles. The molecule has 2 heteroatoms. The summed E-state index contributed by atoms with van der Waals surface area (Å²) in [5, 5.41) is 2.16.